The fourth-order valence-corrected chi connectivity index (χ4v) is 0. The molecule has 0 N–H and O–H groups in total. The molecule has 0 aromatic heterocycles. The highest BCUT2D eigenvalue weighted by Crippen LogP contribution is 2.25. The van der Waals surface area contributed by atoms with Gasteiger partial charge in [-0.1, -0.05) is 0 Å². The molecule has 0 aromatic carbocycles. The van der Waals surface area contributed by atoms with Crippen LogP contribution in [0.5, 0.6) is 0 Å². The van der Waals surface area contributed by atoms with Gasteiger partial charge in [-0.25, -0.2) is 4.39 Å². The van der Waals surface area contributed by atoms with Crippen LogP contribution < -0.4 is 0 Å². The van der Waals surface area contributed by atoms with E-state index >= 15 is 0 Å². The number of nitrogens with zero attached hydrogens (tertiary/aromatic N) is 1. The van der Waals surface area contributed by atoms with E-state index in [1.807, 2.05) is 0 Å². The minimum Gasteiger partial charge on any atom is -0.202 e. The molecule has 4 heteroatoms. The molecule has 1 nitrogen and oxygen atoms in total. The van der Waals surface area contributed by atoms with E-state index in [9.17, 15) is 4.39 Å². The molecule has 0 fully saturated rings. The lowest BCUT2D eigenvalue weighted by Gasteiger charge is -1.90. The van der Waals surface area contributed by atoms with E-state index < -0.39 is 3.49 Å². The van der Waals surface area contributed by atoms with E-state index in [1.165, 1.54) is 6.07 Å². The molecule has 0 atom stereocenters. The summed E-state index contributed by atoms with van der Waals surface area (Å²) in [6, 6.07) is 1.27. The minimum atomic E-state index is -2.03. The molecule has 0 heterocycles. The molecule has 0 amide bonds. The van der Waals surface area contributed by atoms with Gasteiger partial charge in [0.1, 0.15) is 6.07 Å². The summed E-state index contributed by atoms with van der Waals surface area (Å²) in [7, 11) is 0. The average molecular weight is 217 g/mol. The van der Waals surface area contributed by atoms with Gasteiger partial charge in [0.15, 0.2) is 0 Å². The van der Waals surface area contributed by atoms with Gasteiger partial charge in [-0.3, -0.25) is 0 Å². The van der Waals surface area contributed by atoms with Crippen LogP contribution in [0.2, 0.25) is 0 Å². The molecule has 0 saturated carbocycles. The first-order chi connectivity index (χ1) is 2.56. The van der Waals surface area contributed by atoms with Crippen LogP contribution in [0.25, 0.3) is 0 Å². The Kier molecular flexibility index (Phi) is 2.02. The third kappa shape index (κ3) is 4.38. The van der Waals surface area contributed by atoms with Crippen molar-refractivity contribution in [1.29, 1.82) is 5.26 Å². The summed E-state index contributed by atoms with van der Waals surface area (Å²) in [6.07, 6.45) is 0. The van der Waals surface area contributed by atoms with Crippen molar-refractivity contribution in [2.24, 2.45) is 0 Å². The maximum Gasteiger partial charge on any atom is 0.303 e. The zero-order valence-electron chi connectivity index (χ0n) is 2.58. The van der Waals surface area contributed by atoms with Crippen LogP contribution in [0.4, 0.5) is 4.39 Å². The molecule has 0 aliphatic heterocycles. The lowest BCUT2D eigenvalue weighted by Crippen LogP contribution is -1.92. The number of hydrogen-bond donors (Lipinski definition) is 0. The van der Waals surface area contributed by atoms with Crippen LogP contribution in [0.1, 0.15) is 0 Å². The van der Waals surface area contributed by atoms with Gasteiger partial charge in [-0.2, -0.15) is 5.26 Å². The predicted molar refractivity (Wildman–Crippen MR) is 27.3 cm³/mol. The van der Waals surface area contributed by atoms with E-state index in [0.717, 1.165) is 0 Å². The largest absolute Gasteiger partial charge is 0.303 e. The van der Waals surface area contributed by atoms with Crippen LogP contribution in [0.3, 0.4) is 0 Å². The molecule has 6 heavy (non-hydrogen) atoms. The molecule has 0 aliphatic rings. The second-order valence-electron chi connectivity index (χ2n) is 0.610. The number of halogens is 3. The van der Waals surface area contributed by atoms with Gasteiger partial charge < -0.3 is 0 Å². The van der Waals surface area contributed by atoms with Crippen molar-refractivity contribution in [2.75, 3.05) is 0 Å². The lowest BCUT2D eigenvalue weighted by atomic mass is 10.9. The highest BCUT2D eigenvalue weighted by Gasteiger charge is 2.17. The second kappa shape index (κ2) is 1.90. The summed E-state index contributed by atoms with van der Waals surface area (Å²) in [6.45, 7) is 0. The molecule has 0 unspecified atom stereocenters. The Morgan fingerprint density at radius 3 is 1.83 bits per heavy atom. The van der Waals surface area contributed by atoms with Crippen molar-refractivity contribution in [3.63, 3.8) is 0 Å². The van der Waals surface area contributed by atoms with Crippen molar-refractivity contribution in [2.45, 2.75) is 3.49 Å². The van der Waals surface area contributed by atoms with Crippen LogP contribution >= 0.6 is 31.9 Å². The molecule has 0 radical (unpaired) electrons. The van der Waals surface area contributed by atoms with Crippen molar-refractivity contribution in [1.82, 2.24) is 0 Å². The highest BCUT2D eigenvalue weighted by molar-refractivity contribution is 9.25. The Balaban J connectivity index is 3.55. The fourth-order valence-electron chi connectivity index (χ4n) is 0. The van der Waals surface area contributed by atoms with E-state index in [1.54, 1.807) is 0 Å². The van der Waals surface area contributed by atoms with E-state index in [2.05, 4.69) is 31.9 Å². The Hall–Kier alpha value is 0.380. The van der Waals surface area contributed by atoms with Gasteiger partial charge in [0, 0.05) is 0 Å². The van der Waals surface area contributed by atoms with Gasteiger partial charge in [-0.15, -0.1) is 0 Å². The maximum absolute atomic E-state index is 11.6. The molecular formula is C2Br2FN. The monoisotopic (exact) mass is 215 g/mol. The quantitative estimate of drug-likeness (QED) is 0.568. The maximum atomic E-state index is 11.6. The Morgan fingerprint density at radius 1 is 1.67 bits per heavy atom. The average Bonchev–Trinajstić information content (AvgIpc) is 1.35. The summed E-state index contributed by atoms with van der Waals surface area (Å²) in [5.41, 5.74) is 0. The third-order valence-corrected chi connectivity index (χ3v) is 0.481. The SMILES string of the molecule is N#CC(F)(Br)Br. The first-order valence-electron chi connectivity index (χ1n) is 1.04. The van der Waals surface area contributed by atoms with Crippen molar-refractivity contribution < 1.29 is 4.39 Å². The summed E-state index contributed by atoms with van der Waals surface area (Å²) < 4.78 is 9.56. The zero-order valence-corrected chi connectivity index (χ0v) is 5.75. The highest BCUT2D eigenvalue weighted by atomic mass is 79.9. The number of nitriles is 1. The molecule has 34 valence electrons. The third-order valence-electron chi connectivity index (χ3n) is 0.127. The Labute approximate surface area is 51.4 Å². The zero-order chi connectivity index (χ0) is 5.21. The molecule has 0 aliphatic carbocycles. The van der Waals surface area contributed by atoms with Gasteiger partial charge in [0.05, 0.1) is 0 Å². The smallest absolute Gasteiger partial charge is 0.202 e. The van der Waals surface area contributed by atoms with Crippen LogP contribution in [-0.2, 0) is 0 Å². The van der Waals surface area contributed by atoms with Crippen molar-refractivity contribution in [3.05, 3.63) is 0 Å². The van der Waals surface area contributed by atoms with Crippen molar-refractivity contribution in [3.8, 4) is 6.07 Å². The topological polar surface area (TPSA) is 23.8 Å². The van der Waals surface area contributed by atoms with Crippen LogP contribution in [0, 0.1) is 11.3 Å². The van der Waals surface area contributed by atoms with E-state index in [-0.39, 0.29) is 0 Å². The summed E-state index contributed by atoms with van der Waals surface area (Å²) in [5, 5.41) is 7.68. The molecular weight excluding hydrogens is 217 g/mol. The normalized spacial score (nSPS) is 10.3. The molecule has 0 aromatic rings. The lowest BCUT2D eigenvalue weighted by molar-refractivity contribution is 0.508. The standard InChI is InChI=1S/C2Br2FN/c3-2(4,5)1-6. The van der Waals surface area contributed by atoms with Crippen LogP contribution in [-0.4, -0.2) is 3.49 Å². The molecule has 0 bridgehead atoms. The molecule has 0 spiro atoms. The summed E-state index contributed by atoms with van der Waals surface area (Å²) in [4.78, 5) is 0. The Morgan fingerprint density at radius 2 is 1.83 bits per heavy atom. The minimum absolute atomic E-state index is 1.27. The first kappa shape index (κ1) is 6.38. The first-order valence-corrected chi connectivity index (χ1v) is 2.63. The van der Waals surface area contributed by atoms with Crippen LogP contribution in [0.15, 0.2) is 0 Å². The van der Waals surface area contributed by atoms with Crippen molar-refractivity contribution >= 4 is 31.9 Å². The predicted octanol–water partition coefficient (Wildman–Crippen LogP) is 1.92. The van der Waals surface area contributed by atoms with Gasteiger partial charge in [-0.05, 0) is 31.9 Å². The number of hydrogen-bond acceptors (Lipinski definition) is 1. The summed E-state index contributed by atoms with van der Waals surface area (Å²) >= 11 is 4.73. The van der Waals surface area contributed by atoms with E-state index in [4.69, 9.17) is 5.26 Å². The number of alkyl halides is 3. The van der Waals surface area contributed by atoms with E-state index in [0.29, 0.717) is 0 Å². The molecule has 0 rings (SSSR count). The Bertz CT molecular complexity index is 78.5. The van der Waals surface area contributed by atoms with Gasteiger partial charge >= 0.3 is 3.49 Å². The summed E-state index contributed by atoms with van der Waals surface area (Å²) in [5.74, 6) is 0. The van der Waals surface area contributed by atoms with Gasteiger partial charge in [0.2, 0.25) is 0 Å². The fraction of sp³-hybridized carbons (Fsp3) is 0.500. The number of rotatable bonds is 0. The molecule has 0 saturated heterocycles. The van der Waals surface area contributed by atoms with Gasteiger partial charge in [0.25, 0.3) is 0 Å². The second-order valence-corrected chi connectivity index (χ2v) is 3.86.